The van der Waals surface area contributed by atoms with E-state index in [2.05, 4.69) is 6.92 Å². The second kappa shape index (κ2) is 27.5. The maximum atomic E-state index is 10.4. The van der Waals surface area contributed by atoms with E-state index in [4.69, 9.17) is 5.11 Å². The minimum Gasteiger partial charge on any atom is -0.481 e. The summed E-state index contributed by atoms with van der Waals surface area (Å²) in [6.07, 6.45) is 32.0. The average Bonchev–Trinajstić information content (AvgIpc) is 2.68. The number of unbranched alkanes of at least 4 members (excludes halogenated alkanes) is 22. The highest BCUT2D eigenvalue weighted by Crippen LogP contribution is 2.15. The Balaban J connectivity index is 0. The highest BCUT2D eigenvalue weighted by molar-refractivity contribution is 5.66. The zero-order chi connectivity index (χ0) is 20.5. The van der Waals surface area contributed by atoms with Crippen LogP contribution in [0.2, 0.25) is 0 Å². The van der Waals surface area contributed by atoms with Gasteiger partial charge >= 0.3 is 5.97 Å². The summed E-state index contributed by atoms with van der Waals surface area (Å²) in [4.78, 5) is 10.4. The topological polar surface area (TPSA) is 37.3 Å². The highest BCUT2D eigenvalue weighted by Gasteiger charge is 1.97. The van der Waals surface area contributed by atoms with Crippen molar-refractivity contribution >= 4 is 5.97 Å². The van der Waals surface area contributed by atoms with E-state index in [-0.39, 0.29) is 7.43 Å². The van der Waals surface area contributed by atoms with Gasteiger partial charge in [0, 0.05) is 6.42 Å². The molecule has 29 heavy (non-hydrogen) atoms. The molecule has 2 nitrogen and oxygen atoms in total. The van der Waals surface area contributed by atoms with Gasteiger partial charge in [-0.1, -0.05) is 156 Å². The van der Waals surface area contributed by atoms with Gasteiger partial charge in [0.2, 0.25) is 0 Å². The Bertz CT molecular complexity index is 301. The first-order valence-electron chi connectivity index (χ1n) is 13.0. The highest BCUT2D eigenvalue weighted by atomic mass is 16.4. The van der Waals surface area contributed by atoms with Gasteiger partial charge in [-0.25, -0.2) is 0 Å². The second-order valence-electron chi connectivity index (χ2n) is 8.92. The number of aliphatic carboxylic acids is 1. The molecule has 2 heteroatoms. The molecule has 0 rings (SSSR count). The lowest BCUT2D eigenvalue weighted by Gasteiger charge is -2.04. The van der Waals surface area contributed by atoms with Crippen molar-refractivity contribution in [3.63, 3.8) is 0 Å². The molecule has 0 spiro atoms. The van der Waals surface area contributed by atoms with Gasteiger partial charge in [0.15, 0.2) is 0 Å². The van der Waals surface area contributed by atoms with Crippen LogP contribution in [0.1, 0.15) is 168 Å². The lowest BCUT2D eigenvalue weighted by atomic mass is 10.0. The van der Waals surface area contributed by atoms with Crippen LogP contribution in [-0.2, 0) is 4.79 Å². The van der Waals surface area contributed by atoms with Gasteiger partial charge < -0.3 is 5.11 Å². The Kier molecular flexibility index (Phi) is 29.0. The lowest BCUT2D eigenvalue weighted by Crippen LogP contribution is -1.93. The van der Waals surface area contributed by atoms with E-state index in [1.54, 1.807) is 0 Å². The second-order valence-corrected chi connectivity index (χ2v) is 8.92. The smallest absolute Gasteiger partial charge is 0.303 e. The Morgan fingerprint density at radius 3 is 0.862 bits per heavy atom. The van der Waals surface area contributed by atoms with Crippen LogP contribution in [0.3, 0.4) is 0 Å². The van der Waals surface area contributed by atoms with Gasteiger partial charge in [0.1, 0.15) is 0 Å². The van der Waals surface area contributed by atoms with Gasteiger partial charge in [-0.15, -0.1) is 0 Å². The van der Waals surface area contributed by atoms with Crippen molar-refractivity contribution in [1.29, 1.82) is 0 Å². The molecule has 1 N–H and O–H groups in total. The summed E-state index contributed by atoms with van der Waals surface area (Å²) in [5, 5.41) is 8.59. The van der Waals surface area contributed by atoms with Crippen molar-refractivity contribution in [3.05, 3.63) is 0 Å². The van der Waals surface area contributed by atoms with Gasteiger partial charge in [-0.3, -0.25) is 4.79 Å². The van der Waals surface area contributed by atoms with E-state index in [1.807, 2.05) is 0 Å². The third-order valence-electron chi connectivity index (χ3n) is 5.99. The largest absolute Gasteiger partial charge is 0.481 e. The molecule has 0 aliphatic carbocycles. The molecule has 0 amide bonds. The SMILES string of the molecule is C.CCCCCCCCCCCCCCCCCCCCCCCCCC(=O)O. The van der Waals surface area contributed by atoms with E-state index in [9.17, 15) is 4.79 Å². The Labute approximate surface area is 184 Å². The molecule has 0 aromatic rings. The van der Waals surface area contributed by atoms with Gasteiger partial charge in [0.05, 0.1) is 0 Å². The van der Waals surface area contributed by atoms with Crippen LogP contribution in [0.4, 0.5) is 0 Å². The Morgan fingerprint density at radius 2 is 0.655 bits per heavy atom. The zero-order valence-corrected chi connectivity index (χ0v) is 19.3. The minimum atomic E-state index is -0.650. The molecule has 0 fully saturated rings. The molecule has 0 unspecified atom stereocenters. The molecule has 0 heterocycles. The van der Waals surface area contributed by atoms with Crippen LogP contribution in [0.5, 0.6) is 0 Å². The average molecular weight is 413 g/mol. The quantitative estimate of drug-likeness (QED) is 0.160. The van der Waals surface area contributed by atoms with Crippen molar-refractivity contribution in [1.82, 2.24) is 0 Å². The third kappa shape index (κ3) is 29.8. The number of carbonyl (C=O) groups is 1. The Morgan fingerprint density at radius 1 is 0.448 bits per heavy atom. The summed E-state index contributed by atoms with van der Waals surface area (Å²) in [6.45, 7) is 2.29. The first-order chi connectivity index (χ1) is 13.8. The van der Waals surface area contributed by atoms with E-state index in [1.165, 1.54) is 135 Å². The Hall–Kier alpha value is -0.530. The standard InChI is InChI=1S/C26H52O2.CH4/c1-2-3-4-5-6-7-8-9-10-11-12-13-14-15-16-17-18-19-20-21-22-23-24-25-26(27)28;/h2-25H2,1H3,(H,27,28);1H4. The number of carboxylic acid groups (broad SMARTS) is 1. The number of carboxylic acids is 1. The monoisotopic (exact) mass is 412 g/mol. The molecule has 0 aliphatic heterocycles. The fourth-order valence-electron chi connectivity index (χ4n) is 4.06. The van der Waals surface area contributed by atoms with Crippen molar-refractivity contribution in [2.45, 2.75) is 168 Å². The molecule has 0 saturated carbocycles. The van der Waals surface area contributed by atoms with Crippen molar-refractivity contribution in [2.75, 3.05) is 0 Å². The summed E-state index contributed by atoms with van der Waals surface area (Å²) >= 11 is 0. The van der Waals surface area contributed by atoms with Gasteiger partial charge in [0.25, 0.3) is 0 Å². The van der Waals surface area contributed by atoms with Crippen molar-refractivity contribution in [3.8, 4) is 0 Å². The zero-order valence-electron chi connectivity index (χ0n) is 19.3. The maximum Gasteiger partial charge on any atom is 0.303 e. The fraction of sp³-hybridized carbons (Fsp3) is 0.963. The molecule has 0 bridgehead atoms. The van der Waals surface area contributed by atoms with Crippen molar-refractivity contribution < 1.29 is 9.90 Å². The summed E-state index contributed by atoms with van der Waals surface area (Å²) in [5.74, 6) is -0.650. The fourth-order valence-corrected chi connectivity index (χ4v) is 4.06. The molecular weight excluding hydrogens is 356 g/mol. The lowest BCUT2D eigenvalue weighted by molar-refractivity contribution is -0.137. The molecule has 0 aromatic carbocycles. The number of rotatable bonds is 24. The molecule has 0 atom stereocenters. The minimum absolute atomic E-state index is 0. The molecular formula is C27H56O2. The first-order valence-corrected chi connectivity index (χ1v) is 13.0. The van der Waals surface area contributed by atoms with Crippen LogP contribution in [-0.4, -0.2) is 11.1 Å². The first kappa shape index (κ1) is 30.7. The summed E-state index contributed by atoms with van der Waals surface area (Å²) in [7, 11) is 0. The molecule has 0 saturated heterocycles. The summed E-state index contributed by atoms with van der Waals surface area (Å²) in [6, 6.07) is 0. The summed E-state index contributed by atoms with van der Waals surface area (Å²) in [5.41, 5.74) is 0. The van der Waals surface area contributed by atoms with Crippen molar-refractivity contribution in [2.24, 2.45) is 0 Å². The summed E-state index contributed by atoms with van der Waals surface area (Å²) < 4.78 is 0. The van der Waals surface area contributed by atoms with Crippen LogP contribution >= 0.6 is 0 Å². The number of hydrogen-bond donors (Lipinski definition) is 1. The van der Waals surface area contributed by atoms with Crippen LogP contribution in [0.25, 0.3) is 0 Å². The van der Waals surface area contributed by atoms with Crippen LogP contribution < -0.4 is 0 Å². The van der Waals surface area contributed by atoms with E-state index < -0.39 is 5.97 Å². The van der Waals surface area contributed by atoms with E-state index in [0.717, 1.165) is 12.8 Å². The molecule has 0 aliphatic rings. The molecule has 0 radical (unpaired) electrons. The van der Waals surface area contributed by atoms with Gasteiger partial charge in [-0.05, 0) is 6.42 Å². The number of hydrogen-bond acceptors (Lipinski definition) is 1. The molecule has 176 valence electrons. The van der Waals surface area contributed by atoms with Crippen LogP contribution in [0.15, 0.2) is 0 Å². The van der Waals surface area contributed by atoms with Gasteiger partial charge in [-0.2, -0.15) is 0 Å². The maximum absolute atomic E-state index is 10.4. The van der Waals surface area contributed by atoms with Crippen LogP contribution in [0, 0.1) is 0 Å². The predicted octanol–water partition coefficient (Wildman–Crippen LogP) is 10.1. The van der Waals surface area contributed by atoms with E-state index in [0.29, 0.717) is 6.42 Å². The third-order valence-corrected chi connectivity index (χ3v) is 5.99. The predicted molar refractivity (Wildman–Crippen MR) is 131 cm³/mol. The van der Waals surface area contributed by atoms with E-state index >= 15 is 0 Å². The molecule has 0 aromatic heterocycles. The normalized spacial score (nSPS) is 10.8.